The lowest BCUT2D eigenvalue weighted by Crippen LogP contribution is -1.98. The molecule has 100 valence electrons. The van der Waals surface area contributed by atoms with Gasteiger partial charge in [0.2, 0.25) is 0 Å². The second-order valence-corrected chi connectivity index (χ2v) is 6.80. The normalized spacial score (nSPS) is 10.4. The van der Waals surface area contributed by atoms with Crippen molar-refractivity contribution < 1.29 is 9.66 Å². The monoisotopic (exact) mass is 405 g/mol. The maximum absolute atomic E-state index is 11.0. The van der Waals surface area contributed by atoms with Gasteiger partial charge in [0.1, 0.15) is 6.61 Å². The second-order valence-electron chi connectivity index (χ2n) is 3.69. The first-order valence-corrected chi connectivity index (χ1v) is 8.03. The fourth-order valence-electron chi connectivity index (χ4n) is 1.49. The summed E-state index contributed by atoms with van der Waals surface area (Å²) in [6.45, 7) is 0.324. The van der Waals surface area contributed by atoms with Gasteiger partial charge in [0, 0.05) is 16.3 Å². The van der Waals surface area contributed by atoms with E-state index in [9.17, 15) is 10.1 Å². The zero-order valence-electron chi connectivity index (χ0n) is 9.64. The van der Waals surface area contributed by atoms with E-state index in [2.05, 4.69) is 31.9 Å². The van der Waals surface area contributed by atoms with Gasteiger partial charge in [-0.1, -0.05) is 22.0 Å². The molecule has 0 unspecified atom stereocenters. The van der Waals surface area contributed by atoms with E-state index in [1.165, 1.54) is 6.07 Å². The Balaban J connectivity index is 2.17. The number of halogens is 2. The first-order valence-electron chi connectivity index (χ1n) is 5.30. The molecule has 0 radical (unpaired) electrons. The Morgan fingerprint density at radius 3 is 2.68 bits per heavy atom. The molecule has 0 aliphatic heterocycles. The van der Waals surface area contributed by atoms with Crippen LogP contribution in [0.3, 0.4) is 0 Å². The van der Waals surface area contributed by atoms with E-state index in [-0.39, 0.29) is 5.69 Å². The third-order valence-corrected chi connectivity index (χ3v) is 4.62. The number of nitrogens with zero attached hydrogens (tertiary/aromatic N) is 1. The molecule has 2 rings (SSSR count). The zero-order valence-corrected chi connectivity index (χ0v) is 13.6. The molecule has 0 spiro atoms. The minimum atomic E-state index is -0.425. The van der Waals surface area contributed by atoms with E-state index >= 15 is 0 Å². The first-order chi connectivity index (χ1) is 9.10. The molecule has 0 fully saturated rings. The molecule has 1 heterocycles. The number of hydrogen-bond donors (Lipinski definition) is 0. The molecule has 0 N–H and O–H groups in total. The summed E-state index contributed by atoms with van der Waals surface area (Å²) >= 11 is 8.18. The van der Waals surface area contributed by atoms with Gasteiger partial charge >= 0.3 is 5.69 Å². The zero-order chi connectivity index (χ0) is 13.8. The van der Waals surface area contributed by atoms with Crippen molar-refractivity contribution in [1.82, 2.24) is 0 Å². The lowest BCUT2D eigenvalue weighted by Gasteiger charge is -2.06. The summed E-state index contributed by atoms with van der Waals surface area (Å²) in [7, 11) is 0. The van der Waals surface area contributed by atoms with Gasteiger partial charge in [-0.25, -0.2) is 0 Å². The van der Waals surface area contributed by atoms with Crippen molar-refractivity contribution in [2.24, 2.45) is 0 Å². The van der Waals surface area contributed by atoms with Crippen LogP contribution in [-0.4, -0.2) is 4.92 Å². The summed E-state index contributed by atoms with van der Waals surface area (Å²) in [4.78, 5) is 11.6. The van der Waals surface area contributed by atoms with Crippen molar-refractivity contribution in [3.8, 4) is 5.75 Å². The van der Waals surface area contributed by atoms with E-state index in [1.54, 1.807) is 23.5 Å². The average Bonchev–Trinajstić information content (AvgIpc) is 2.82. The highest BCUT2D eigenvalue weighted by molar-refractivity contribution is 9.11. The fraction of sp³-hybridized carbons (Fsp3) is 0.167. The van der Waals surface area contributed by atoms with Gasteiger partial charge < -0.3 is 4.74 Å². The standard InChI is InChI=1S/C12H9Br2NO3S/c13-6-8-1-3-11(10(5-8)15(16)17)18-7-9-2-4-12(14)19-9/h1-5H,6-7H2. The van der Waals surface area contributed by atoms with Crippen LogP contribution in [0, 0.1) is 10.1 Å². The molecule has 1 aromatic heterocycles. The second kappa shape index (κ2) is 6.49. The van der Waals surface area contributed by atoms with E-state index in [4.69, 9.17) is 4.74 Å². The lowest BCUT2D eigenvalue weighted by atomic mass is 10.2. The minimum absolute atomic E-state index is 0.00688. The topological polar surface area (TPSA) is 52.4 Å². The Bertz CT molecular complexity index is 600. The number of nitro benzene ring substituents is 1. The summed E-state index contributed by atoms with van der Waals surface area (Å²) in [6.07, 6.45) is 0. The number of hydrogen-bond acceptors (Lipinski definition) is 4. The number of alkyl halides is 1. The van der Waals surface area contributed by atoms with Crippen LogP contribution >= 0.6 is 43.2 Å². The molecule has 4 nitrogen and oxygen atoms in total. The smallest absolute Gasteiger partial charge is 0.311 e. The summed E-state index contributed by atoms with van der Waals surface area (Å²) in [5, 5.41) is 11.6. The molecule has 0 aliphatic rings. The van der Waals surface area contributed by atoms with Gasteiger partial charge in [0.05, 0.1) is 8.71 Å². The highest BCUT2D eigenvalue weighted by Crippen LogP contribution is 2.30. The Morgan fingerprint density at radius 2 is 2.11 bits per heavy atom. The van der Waals surface area contributed by atoms with Gasteiger partial charge in [-0.3, -0.25) is 10.1 Å². The molecule has 0 bridgehead atoms. The average molecular weight is 407 g/mol. The lowest BCUT2D eigenvalue weighted by molar-refractivity contribution is -0.386. The van der Waals surface area contributed by atoms with Gasteiger partial charge in [0.25, 0.3) is 0 Å². The molecule has 0 aliphatic carbocycles. The van der Waals surface area contributed by atoms with Crippen molar-refractivity contribution in [2.75, 3.05) is 0 Å². The molecule has 7 heteroatoms. The van der Waals surface area contributed by atoms with Crippen molar-refractivity contribution in [2.45, 2.75) is 11.9 Å². The van der Waals surface area contributed by atoms with Crippen molar-refractivity contribution in [3.05, 3.63) is 54.7 Å². The van der Waals surface area contributed by atoms with Crippen LogP contribution in [-0.2, 0) is 11.9 Å². The molecule has 0 saturated carbocycles. The predicted molar refractivity (Wildman–Crippen MR) is 82.1 cm³/mol. The minimum Gasteiger partial charge on any atom is -0.481 e. The number of ether oxygens (including phenoxy) is 1. The third-order valence-electron chi connectivity index (χ3n) is 2.37. The van der Waals surface area contributed by atoms with Crippen LogP contribution in [0.1, 0.15) is 10.4 Å². The maximum atomic E-state index is 11.0. The van der Waals surface area contributed by atoms with E-state index < -0.39 is 4.92 Å². The van der Waals surface area contributed by atoms with Gasteiger partial charge in [-0.05, 0) is 39.7 Å². The van der Waals surface area contributed by atoms with Crippen LogP contribution < -0.4 is 4.74 Å². The molecule has 0 amide bonds. The Hall–Kier alpha value is -0.920. The van der Waals surface area contributed by atoms with Crippen LogP contribution in [0.5, 0.6) is 5.75 Å². The van der Waals surface area contributed by atoms with Crippen molar-refractivity contribution in [3.63, 3.8) is 0 Å². The maximum Gasteiger partial charge on any atom is 0.311 e. The summed E-state index contributed by atoms with van der Waals surface area (Å²) in [6, 6.07) is 8.81. The number of rotatable bonds is 5. The van der Waals surface area contributed by atoms with Gasteiger partial charge in [-0.2, -0.15) is 0 Å². The number of benzene rings is 1. The third kappa shape index (κ3) is 3.77. The molecule has 0 saturated heterocycles. The Labute approximate surface area is 130 Å². The van der Waals surface area contributed by atoms with Crippen molar-refractivity contribution >= 4 is 48.9 Å². The van der Waals surface area contributed by atoms with Crippen LogP contribution in [0.25, 0.3) is 0 Å². The molecular formula is C12H9Br2NO3S. The SMILES string of the molecule is O=[N+]([O-])c1cc(CBr)ccc1OCc1ccc(Br)s1. The van der Waals surface area contributed by atoms with E-state index in [0.29, 0.717) is 17.7 Å². The van der Waals surface area contributed by atoms with Gasteiger partial charge in [-0.15, -0.1) is 11.3 Å². The largest absolute Gasteiger partial charge is 0.481 e. The van der Waals surface area contributed by atoms with Crippen LogP contribution in [0.4, 0.5) is 5.69 Å². The highest BCUT2D eigenvalue weighted by Gasteiger charge is 2.16. The van der Waals surface area contributed by atoms with Crippen LogP contribution in [0.15, 0.2) is 34.1 Å². The quantitative estimate of drug-likeness (QED) is 0.403. The summed E-state index contributed by atoms with van der Waals surface area (Å²) in [5.41, 5.74) is 0.838. The molecule has 1 aromatic carbocycles. The molecular weight excluding hydrogens is 398 g/mol. The predicted octanol–water partition coefficient (Wildman–Crippen LogP) is 4.89. The highest BCUT2D eigenvalue weighted by atomic mass is 79.9. The summed E-state index contributed by atoms with van der Waals surface area (Å²) in [5.74, 6) is 0.291. The summed E-state index contributed by atoms with van der Waals surface area (Å²) < 4.78 is 6.54. The molecule has 0 atom stereocenters. The number of nitro groups is 1. The van der Waals surface area contributed by atoms with E-state index in [1.807, 2.05) is 12.1 Å². The molecule has 19 heavy (non-hydrogen) atoms. The van der Waals surface area contributed by atoms with E-state index in [0.717, 1.165) is 14.2 Å². The number of thiophene rings is 1. The Kier molecular flexibility index (Phi) is 4.95. The van der Waals surface area contributed by atoms with Crippen molar-refractivity contribution in [1.29, 1.82) is 0 Å². The first kappa shape index (κ1) is 14.5. The van der Waals surface area contributed by atoms with Crippen LogP contribution in [0.2, 0.25) is 0 Å². The Morgan fingerprint density at radius 1 is 1.32 bits per heavy atom. The van der Waals surface area contributed by atoms with Gasteiger partial charge in [0.15, 0.2) is 5.75 Å². The fourth-order valence-corrected chi connectivity index (χ4v) is 3.23. The molecule has 2 aromatic rings.